The predicted molar refractivity (Wildman–Crippen MR) is 102 cm³/mol. The summed E-state index contributed by atoms with van der Waals surface area (Å²) >= 11 is 0. The predicted octanol–water partition coefficient (Wildman–Crippen LogP) is 3.28. The fraction of sp³-hybridized carbons (Fsp3) is 0.812. The second-order valence-corrected chi connectivity index (χ2v) is 5.36. The molecule has 1 aliphatic heterocycles. The molecule has 124 valence electrons. The number of halogens is 1. The largest absolute Gasteiger partial charge is 0.381 e. The van der Waals surface area contributed by atoms with Gasteiger partial charge < -0.3 is 15.0 Å². The van der Waals surface area contributed by atoms with Crippen LogP contribution in [-0.2, 0) is 4.74 Å². The summed E-state index contributed by atoms with van der Waals surface area (Å²) in [6.45, 7) is 8.89. The van der Waals surface area contributed by atoms with Crippen molar-refractivity contribution >= 4 is 29.9 Å². The van der Waals surface area contributed by atoms with Gasteiger partial charge >= 0.3 is 0 Å². The van der Waals surface area contributed by atoms with Crippen LogP contribution in [0.15, 0.2) is 17.1 Å². The van der Waals surface area contributed by atoms with Gasteiger partial charge in [0, 0.05) is 39.9 Å². The fourth-order valence-corrected chi connectivity index (χ4v) is 2.40. The lowest BCUT2D eigenvalue weighted by molar-refractivity contribution is 0.0625. The molecule has 0 spiro atoms. The molecule has 1 aliphatic rings. The van der Waals surface area contributed by atoms with Crippen molar-refractivity contribution in [3.8, 4) is 0 Å². The van der Waals surface area contributed by atoms with E-state index in [-0.39, 0.29) is 24.0 Å². The van der Waals surface area contributed by atoms with Gasteiger partial charge in [-0.15, -0.1) is 24.0 Å². The summed E-state index contributed by atoms with van der Waals surface area (Å²) in [5.41, 5.74) is 0. The summed E-state index contributed by atoms with van der Waals surface area (Å²) < 4.78 is 5.41. The zero-order chi connectivity index (χ0) is 14.6. The van der Waals surface area contributed by atoms with Gasteiger partial charge in [-0.2, -0.15) is 0 Å². The van der Waals surface area contributed by atoms with Gasteiger partial charge in [0.05, 0.1) is 0 Å². The Bertz CT molecular complexity index is 302. The maximum Gasteiger partial charge on any atom is 0.193 e. The number of allylic oxidation sites excluding steroid dienone is 1. The zero-order valence-corrected chi connectivity index (χ0v) is 16.1. The number of nitrogens with one attached hydrogen (secondary N) is 1. The van der Waals surface area contributed by atoms with Crippen LogP contribution < -0.4 is 5.32 Å². The summed E-state index contributed by atoms with van der Waals surface area (Å²) in [5.74, 6) is 1.85. The Labute approximate surface area is 147 Å². The molecular weight excluding hydrogens is 377 g/mol. The summed E-state index contributed by atoms with van der Waals surface area (Å²) in [7, 11) is 2.14. The highest BCUT2D eigenvalue weighted by molar-refractivity contribution is 14.0. The number of hydrogen-bond donors (Lipinski definition) is 1. The zero-order valence-electron chi connectivity index (χ0n) is 13.8. The molecule has 0 saturated carbocycles. The third kappa shape index (κ3) is 9.34. The number of hydrogen-bond acceptors (Lipinski definition) is 2. The molecule has 0 aliphatic carbocycles. The van der Waals surface area contributed by atoms with Gasteiger partial charge in [-0.1, -0.05) is 12.2 Å². The van der Waals surface area contributed by atoms with Crippen LogP contribution in [0.4, 0.5) is 0 Å². The van der Waals surface area contributed by atoms with E-state index in [4.69, 9.17) is 4.74 Å². The molecule has 0 amide bonds. The average Bonchev–Trinajstić information content (AvgIpc) is 2.49. The molecule has 1 fully saturated rings. The van der Waals surface area contributed by atoms with Crippen molar-refractivity contribution in [3.63, 3.8) is 0 Å². The van der Waals surface area contributed by atoms with E-state index in [1.807, 2.05) is 0 Å². The molecule has 1 heterocycles. The van der Waals surface area contributed by atoms with E-state index in [9.17, 15) is 0 Å². The molecule has 0 unspecified atom stereocenters. The standard InChI is InChI=1S/C16H31N3O.HI/c1-4-6-7-11-18-16(17-5-2)19(3)12-8-15-9-13-20-14-10-15;/h4,6,15H,5,7-14H2,1-3H3,(H,17,18);1H/b6-4+;. The first-order valence-electron chi connectivity index (χ1n) is 7.96. The topological polar surface area (TPSA) is 36.9 Å². The molecule has 1 N–H and O–H groups in total. The van der Waals surface area contributed by atoms with Crippen LogP contribution in [0.1, 0.15) is 39.5 Å². The first kappa shape index (κ1) is 20.7. The van der Waals surface area contributed by atoms with E-state index in [1.165, 1.54) is 19.3 Å². The van der Waals surface area contributed by atoms with Crippen LogP contribution in [0, 0.1) is 5.92 Å². The molecule has 0 bridgehead atoms. The van der Waals surface area contributed by atoms with E-state index in [1.54, 1.807) is 0 Å². The number of ether oxygens (including phenoxy) is 1. The smallest absolute Gasteiger partial charge is 0.193 e. The van der Waals surface area contributed by atoms with Crippen LogP contribution in [0.2, 0.25) is 0 Å². The molecule has 0 aromatic carbocycles. The van der Waals surface area contributed by atoms with Crippen LogP contribution in [0.3, 0.4) is 0 Å². The first-order valence-corrected chi connectivity index (χ1v) is 7.96. The maximum absolute atomic E-state index is 5.41. The second kappa shape index (κ2) is 13.4. The molecular formula is C16H32IN3O. The number of rotatable bonds is 7. The Balaban J connectivity index is 0.00000400. The number of guanidine groups is 1. The van der Waals surface area contributed by atoms with Crippen molar-refractivity contribution in [1.82, 2.24) is 10.2 Å². The summed E-state index contributed by atoms with van der Waals surface area (Å²) in [6, 6.07) is 0. The van der Waals surface area contributed by atoms with Gasteiger partial charge in [0.1, 0.15) is 0 Å². The van der Waals surface area contributed by atoms with Gasteiger partial charge in [-0.25, -0.2) is 0 Å². The third-order valence-corrected chi connectivity index (χ3v) is 3.70. The van der Waals surface area contributed by atoms with Crippen molar-refractivity contribution in [3.05, 3.63) is 12.2 Å². The van der Waals surface area contributed by atoms with Gasteiger partial charge in [-0.3, -0.25) is 4.99 Å². The Morgan fingerprint density at radius 1 is 1.38 bits per heavy atom. The molecule has 1 rings (SSSR count). The molecule has 0 atom stereocenters. The van der Waals surface area contributed by atoms with Gasteiger partial charge in [-0.05, 0) is 45.4 Å². The normalized spacial score (nSPS) is 16.8. The fourth-order valence-electron chi connectivity index (χ4n) is 2.40. The monoisotopic (exact) mass is 409 g/mol. The summed E-state index contributed by atoms with van der Waals surface area (Å²) in [6.07, 6.45) is 8.91. The first-order chi connectivity index (χ1) is 9.77. The molecule has 0 aromatic heterocycles. The van der Waals surface area contributed by atoms with Crippen molar-refractivity contribution in [2.45, 2.75) is 39.5 Å². The second-order valence-electron chi connectivity index (χ2n) is 5.36. The number of aliphatic imine (C=N–C) groups is 1. The number of nitrogens with zero attached hydrogens (tertiary/aromatic N) is 2. The molecule has 0 aromatic rings. The highest BCUT2D eigenvalue weighted by atomic mass is 127. The molecule has 21 heavy (non-hydrogen) atoms. The van der Waals surface area contributed by atoms with Gasteiger partial charge in [0.25, 0.3) is 0 Å². The quantitative estimate of drug-likeness (QED) is 0.231. The Hall–Kier alpha value is -0.300. The molecule has 5 heteroatoms. The minimum Gasteiger partial charge on any atom is -0.381 e. The lowest BCUT2D eigenvalue weighted by Crippen LogP contribution is -2.40. The van der Waals surface area contributed by atoms with Crippen LogP contribution >= 0.6 is 24.0 Å². The summed E-state index contributed by atoms with van der Waals surface area (Å²) in [5, 5.41) is 3.37. The van der Waals surface area contributed by atoms with E-state index < -0.39 is 0 Å². The van der Waals surface area contributed by atoms with Crippen molar-refractivity contribution in [1.29, 1.82) is 0 Å². The minimum absolute atomic E-state index is 0. The highest BCUT2D eigenvalue weighted by Crippen LogP contribution is 2.18. The van der Waals surface area contributed by atoms with Crippen molar-refractivity contribution < 1.29 is 4.74 Å². The lowest BCUT2D eigenvalue weighted by Gasteiger charge is -2.26. The van der Waals surface area contributed by atoms with Gasteiger partial charge in [0.15, 0.2) is 5.96 Å². The molecule has 4 nitrogen and oxygen atoms in total. The maximum atomic E-state index is 5.41. The van der Waals surface area contributed by atoms with Crippen LogP contribution in [0.25, 0.3) is 0 Å². The van der Waals surface area contributed by atoms with Crippen LogP contribution in [-0.4, -0.2) is 50.8 Å². The van der Waals surface area contributed by atoms with Crippen molar-refractivity contribution in [2.75, 3.05) is 39.9 Å². The third-order valence-electron chi connectivity index (χ3n) is 3.70. The summed E-state index contributed by atoms with van der Waals surface area (Å²) in [4.78, 5) is 6.93. The Kier molecular flexibility index (Phi) is 13.2. The minimum atomic E-state index is 0. The van der Waals surface area contributed by atoms with E-state index in [0.717, 1.165) is 51.1 Å². The van der Waals surface area contributed by atoms with Crippen molar-refractivity contribution in [2.24, 2.45) is 10.9 Å². The molecule has 0 radical (unpaired) electrons. The molecule has 1 saturated heterocycles. The van der Waals surface area contributed by atoms with E-state index in [2.05, 4.69) is 48.3 Å². The lowest BCUT2D eigenvalue weighted by atomic mass is 9.96. The van der Waals surface area contributed by atoms with E-state index in [0.29, 0.717) is 0 Å². The Morgan fingerprint density at radius 3 is 2.71 bits per heavy atom. The van der Waals surface area contributed by atoms with Crippen LogP contribution in [0.5, 0.6) is 0 Å². The van der Waals surface area contributed by atoms with Gasteiger partial charge in [0.2, 0.25) is 0 Å². The average molecular weight is 409 g/mol. The Morgan fingerprint density at radius 2 is 2.10 bits per heavy atom. The van der Waals surface area contributed by atoms with E-state index >= 15 is 0 Å². The SMILES string of the molecule is C/C=C/CCN=C(NCC)N(C)CCC1CCOCC1.I. The highest BCUT2D eigenvalue weighted by Gasteiger charge is 2.15.